The van der Waals surface area contributed by atoms with Crippen LogP contribution in [0.5, 0.6) is 0 Å². The molecule has 0 spiro atoms. The highest BCUT2D eigenvalue weighted by Gasteiger charge is 2.22. The lowest BCUT2D eigenvalue weighted by Crippen LogP contribution is -2.46. The molecule has 1 unspecified atom stereocenters. The molecule has 0 aliphatic carbocycles. The minimum absolute atomic E-state index is 0.106. The number of hydrogen-bond acceptors (Lipinski definition) is 2. The number of fused-ring (bicyclic) bond motifs is 1. The van der Waals surface area contributed by atoms with E-state index in [1.165, 1.54) is 11.8 Å². The van der Waals surface area contributed by atoms with Gasteiger partial charge in [0.05, 0.1) is 0 Å². The van der Waals surface area contributed by atoms with Gasteiger partial charge in [-0.15, -0.1) is 0 Å². The van der Waals surface area contributed by atoms with Crippen LogP contribution in [0.4, 0.5) is 0 Å². The van der Waals surface area contributed by atoms with Gasteiger partial charge in [-0.25, -0.2) is 0 Å². The Labute approximate surface area is 118 Å². The SMILES string of the molecule is CC(=O)NC(Cc1c[nH]c2ccccc12)C(=O)N(C)C. The molecule has 5 nitrogen and oxygen atoms in total. The maximum atomic E-state index is 12.1. The summed E-state index contributed by atoms with van der Waals surface area (Å²) in [5.41, 5.74) is 2.05. The van der Waals surface area contributed by atoms with Crippen molar-refractivity contribution in [2.24, 2.45) is 0 Å². The third kappa shape index (κ3) is 2.99. The fraction of sp³-hybridized carbons (Fsp3) is 0.333. The van der Waals surface area contributed by atoms with E-state index >= 15 is 0 Å². The Hall–Kier alpha value is -2.30. The molecule has 0 aliphatic rings. The molecular weight excluding hydrogens is 254 g/mol. The highest BCUT2D eigenvalue weighted by Crippen LogP contribution is 2.19. The van der Waals surface area contributed by atoms with Gasteiger partial charge in [-0.05, 0) is 11.6 Å². The number of carbonyl (C=O) groups excluding carboxylic acids is 2. The Bertz CT molecular complexity index is 631. The number of rotatable bonds is 4. The molecule has 0 radical (unpaired) electrons. The third-order valence-corrected chi connectivity index (χ3v) is 3.22. The first-order valence-electron chi connectivity index (χ1n) is 6.52. The summed E-state index contributed by atoms with van der Waals surface area (Å²) in [6.07, 6.45) is 2.36. The number of amides is 2. The van der Waals surface area contributed by atoms with Crippen LogP contribution in [0.1, 0.15) is 12.5 Å². The van der Waals surface area contributed by atoms with E-state index < -0.39 is 6.04 Å². The molecule has 0 bridgehead atoms. The van der Waals surface area contributed by atoms with Gasteiger partial charge in [-0.3, -0.25) is 9.59 Å². The minimum Gasteiger partial charge on any atom is -0.361 e. The molecule has 5 heteroatoms. The summed E-state index contributed by atoms with van der Waals surface area (Å²) in [6.45, 7) is 1.42. The molecule has 0 fully saturated rings. The molecule has 20 heavy (non-hydrogen) atoms. The number of aromatic amines is 1. The lowest BCUT2D eigenvalue weighted by molar-refractivity contribution is -0.133. The van der Waals surface area contributed by atoms with Gasteiger partial charge in [0.15, 0.2) is 0 Å². The van der Waals surface area contributed by atoms with Crippen molar-refractivity contribution < 1.29 is 9.59 Å². The second kappa shape index (κ2) is 5.77. The van der Waals surface area contributed by atoms with Crippen molar-refractivity contribution in [2.45, 2.75) is 19.4 Å². The van der Waals surface area contributed by atoms with Crippen LogP contribution in [-0.4, -0.2) is 41.8 Å². The molecule has 2 rings (SSSR count). The number of para-hydroxylation sites is 1. The fourth-order valence-corrected chi connectivity index (χ4v) is 2.28. The van der Waals surface area contributed by atoms with E-state index in [-0.39, 0.29) is 11.8 Å². The highest BCUT2D eigenvalue weighted by atomic mass is 16.2. The monoisotopic (exact) mass is 273 g/mol. The Kier molecular flexibility index (Phi) is 4.08. The van der Waals surface area contributed by atoms with Crippen LogP contribution in [0.25, 0.3) is 10.9 Å². The van der Waals surface area contributed by atoms with Gasteiger partial charge < -0.3 is 15.2 Å². The minimum atomic E-state index is -0.540. The van der Waals surface area contributed by atoms with Crippen molar-refractivity contribution in [3.8, 4) is 0 Å². The number of nitrogens with one attached hydrogen (secondary N) is 2. The third-order valence-electron chi connectivity index (χ3n) is 3.22. The van der Waals surface area contributed by atoms with E-state index in [0.29, 0.717) is 6.42 Å². The lowest BCUT2D eigenvalue weighted by Gasteiger charge is -2.21. The van der Waals surface area contributed by atoms with E-state index in [4.69, 9.17) is 0 Å². The van der Waals surface area contributed by atoms with Gasteiger partial charge >= 0.3 is 0 Å². The van der Waals surface area contributed by atoms with Crippen molar-refractivity contribution in [1.29, 1.82) is 0 Å². The Morgan fingerprint density at radius 1 is 1.30 bits per heavy atom. The number of nitrogens with zero attached hydrogens (tertiary/aromatic N) is 1. The normalized spacial score (nSPS) is 12.2. The van der Waals surface area contributed by atoms with Crippen LogP contribution in [0.3, 0.4) is 0 Å². The molecule has 0 saturated heterocycles. The molecule has 0 aliphatic heterocycles. The summed E-state index contributed by atoms with van der Waals surface area (Å²) < 4.78 is 0. The van der Waals surface area contributed by atoms with Crippen LogP contribution in [0, 0.1) is 0 Å². The average molecular weight is 273 g/mol. The topological polar surface area (TPSA) is 65.2 Å². The van der Waals surface area contributed by atoms with Crippen LogP contribution < -0.4 is 5.32 Å². The Morgan fingerprint density at radius 2 is 2.00 bits per heavy atom. The molecular formula is C15H19N3O2. The van der Waals surface area contributed by atoms with Gasteiger partial charge in [0, 0.05) is 44.5 Å². The zero-order chi connectivity index (χ0) is 14.7. The van der Waals surface area contributed by atoms with Crippen molar-refractivity contribution in [3.05, 3.63) is 36.0 Å². The summed E-state index contributed by atoms with van der Waals surface area (Å²) in [5.74, 6) is -0.310. The second-order valence-electron chi connectivity index (χ2n) is 5.05. The van der Waals surface area contributed by atoms with Gasteiger partial charge in [-0.1, -0.05) is 18.2 Å². The molecule has 1 heterocycles. The Balaban J connectivity index is 2.27. The summed E-state index contributed by atoms with van der Waals surface area (Å²) in [5, 5.41) is 3.80. The summed E-state index contributed by atoms with van der Waals surface area (Å²) >= 11 is 0. The molecule has 0 saturated carbocycles. The first-order valence-corrected chi connectivity index (χ1v) is 6.52. The van der Waals surface area contributed by atoms with Gasteiger partial charge in [0.1, 0.15) is 6.04 Å². The Morgan fingerprint density at radius 3 is 2.65 bits per heavy atom. The zero-order valence-electron chi connectivity index (χ0n) is 11.9. The molecule has 2 N–H and O–H groups in total. The number of H-pyrrole nitrogens is 1. The van der Waals surface area contributed by atoms with Crippen LogP contribution in [0.2, 0.25) is 0 Å². The second-order valence-corrected chi connectivity index (χ2v) is 5.05. The van der Waals surface area contributed by atoms with Crippen LogP contribution in [-0.2, 0) is 16.0 Å². The van der Waals surface area contributed by atoms with E-state index in [1.807, 2.05) is 30.5 Å². The zero-order valence-corrected chi connectivity index (χ0v) is 11.9. The molecule has 1 aromatic heterocycles. The maximum Gasteiger partial charge on any atom is 0.244 e. The molecule has 1 aromatic carbocycles. The maximum absolute atomic E-state index is 12.1. The van der Waals surface area contributed by atoms with E-state index in [0.717, 1.165) is 16.5 Å². The van der Waals surface area contributed by atoms with Gasteiger partial charge in [-0.2, -0.15) is 0 Å². The molecule has 1 atom stereocenters. The fourth-order valence-electron chi connectivity index (χ4n) is 2.28. The lowest BCUT2D eigenvalue weighted by atomic mass is 10.0. The smallest absolute Gasteiger partial charge is 0.244 e. The first kappa shape index (κ1) is 14.1. The largest absolute Gasteiger partial charge is 0.361 e. The predicted octanol–water partition coefficient (Wildman–Crippen LogP) is 1.30. The summed E-state index contributed by atoms with van der Waals surface area (Å²) in [6, 6.07) is 7.37. The van der Waals surface area contributed by atoms with Crippen molar-refractivity contribution in [3.63, 3.8) is 0 Å². The number of likely N-dealkylation sites (N-methyl/N-ethyl adjacent to an activating group) is 1. The molecule has 2 aromatic rings. The molecule has 106 valence electrons. The number of benzene rings is 1. The van der Waals surface area contributed by atoms with Crippen LogP contribution >= 0.6 is 0 Å². The number of aromatic nitrogens is 1. The van der Waals surface area contributed by atoms with E-state index in [2.05, 4.69) is 10.3 Å². The van der Waals surface area contributed by atoms with Crippen molar-refractivity contribution >= 4 is 22.7 Å². The van der Waals surface area contributed by atoms with Gasteiger partial charge in [0.25, 0.3) is 0 Å². The summed E-state index contributed by atoms with van der Waals surface area (Å²) in [7, 11) is 3.37. The van der Waals surface area contributed by atoms with Crippen molar-refractivity contribution in [2.75, 3.05) is 14.1 Å². The molecule has 2 amide bonds. The standard InChI is InChI=1S/C15H19N3O2/c1-10(19)17-14(15(20)18(2)3)8-11-9-16-13-7-5-4-6-12(11)13/h4-7,9,14,16H,8H2,1-3H3,(H,17,19). The van der Waals surface area contributed by atoms with Crippen molar-refractivity contribution in [1.82, 2.24) is 15.2 Å². The first-order chi connectivity index (χ1) is 9.49. The number of hydrogen-bond donors (Lipinski definition) is 2. The highest BCUT2D eigenvalue weighted by molar-refractivity contribution is 5.88. The quantitative estimate of drug-likeness (QED) is 0.882. The average Bonchev–Trinajstić information content (AvgIpc) is 2.80. The van der Waals surface area contributed by atoms with Crippen LogP contribution in [0.15, 0.2) is 30.5 Å². The summed E-state index contributed by atoms with van der Waals surface area (Å²) in [4.78, 5) is 28.1. The van der Waals surface area contributed by atoms with E-state index in [9.17, 15) is 9.59 Å². The van der Waals surface area contributed by atoms with E-state index in [1.54, 1.807) is 14.1 Å². The number of carbonyl (C=O) groups is 2. The predicted molar refractivity (Wildman–Crippen MR) is 78.3 cm³/mol. The van der Waals surface area contributed by atoms with Gasteiger partial charge in [0.2, 0.25) is 11.8 Å².